The van der Waals surface area contributed by atoms with Crippen LogP contribution in [0.2, 0.25) is 11.1 Å². The second kappa shape index (κ2) is 9.14. The maximum atomic E-state index is 6.03. The molecule has 0 aliphatic heterocycles. The molecule has 0 aliphatic rings. The Morgan fingerprint density at radius 2 is 1.47 bits per heavy atom. The van der Waals surface area contributed by atoms with E-state index in [1.165, 1.54) is 38.5 Å². The first kappa shape index (κ1) is 19.1. The topological polar surface area (TPSA) is 18.5 Å². The van der Waals surface area contributed by atoms with Crippen LogP contribution < -0.4 is 0 Å². The van der Waals surface area contributed by atoms with Gasteiger partial charge in [0.1, 0.15) is 0 Å². The highest BCUT2D eigenvalue weighted by Crippen LogP contribution is 2.46. The summed E-state index contributed by atoms with van der Waals surface area (Å²) >= 11 is 0. The lowest BCUT2D eigenvalue weighted by Crippen LogP contribution is -2.51. The van der Waals surface area contributed by atoms with E-state index in [0.29, 0.717) is 0 Å². The van der Waals surface area contributed by atoms with E-state index in [2.05, 4.69) is 34.6 Å². The highest BCUT2D eigenvalue weighted by atomic mass is 28.4. The minimum absolute atomic E-state index is 0.189. The average Bonchev–Trinajstić information content (AvgIpc) is 2.40. The summed E-state index contributed by atoms with van der Waals surface area (Å²) < 4.78 is 12.1. The molecular formula is C16H36O2Si. The van der Waals surface area contributed by atoms with Crippen LogP contribution in [0.25, 0.3) is 0 Å². The van der Waals surface area contributed by atoms with Crippen molar-refractivity contribution in [3.8, 4) is 0 Å². The molecule has 0 spiro atoms. The highest BCUT2D eigenvalue weighted by Gasteiger charge is 2.50. The second-order valence-electron chi connectivity index (χ2n) is 6.39. The van der Waals surface area contributed by atoms with Gasteiger partial charge in [-0.05, 0) is 18.4 Å². The Morgan fingerprint density at radius 1 is 0.947 bits per heavy atom. The molecule has 0 amide bonds. The van der Waals surface area contributed by atoms with Crippen molar-refractivity contribution in [3.63, 3.8) is 0 Å². The molecule has 0 aromatic rings. The number of hydrogen-bond donors (Lipinski definition) is 0. The van der Waals surface area contributed by atoms with Gasteiger partial charge in [-0.25, -0.2) is 0 Å². The van der Waals surface area contributed by atoms with E-state index in [1.54, 1.807) is 0 Å². The van der Waals surface area contributed by atoms with E-state index < -0.39 is 8.56 Å². The SMILES string of the molecule is CCCCCC(C)(C)[Si](CC(CC)CC)(OC)OC. The van der Waals surface area contributed by atoms with Gasteiger partial charge in [0.2, 0.25) is 0 Å². The van der Waals surface area contributed by atoms with Crippen LogP contribution in [-0.2, 0) is 8.85 Å². The van der Waals surface area contributed by atoms with Crippen LogP contribution in [0.3, 0.4) is 0 Å². The Kier molecular flexibility index (Phi) is 9.21. The summed E-state index contributed by atoms with van der Waals surface area (Å²) in [5.74, 6) is 0.733. The molecule has 0 saturated heterocycles. The maximum Gasteiger partial charge on any atom is 0.343 e. The van der Waals surface area contributed by atoms with Gasteiger partial charge in [-0.3, -0.25) is 0 Å². The quantitative estimate of drug-likeness (QED) is 0.368. The molecule has 19 heavy (non-hydrogen) atoms. The molecule has 0 aromatic heterocycles. The molecule has 0 aromatic carbocycles. The predicted octanol–water partition coefficient (Wildman–Crippen LogP) is 5.52. The largest absolute Gasteiger partial charge is 0.397 e. The van der Waals surface area contributed by atoms with Crippen LogP contribution >= 0.6 is 0 Å². The van der Waals surface area contributed by atoms with E-state index in [-0.39, 0.29) is 5.04 Å². The zero-order valence-corrected chi connectivity index (χ0v) is 15.3. The van der Waals surface area contributed by atoms with Gasteiger partial charge in [-0.1, -0.05) is 66.7 Å². The molecule has 0 radical (unpaired) electrons. The van der Waals surface area contributed by atoms with Gasteiger partial charge in [-0.15, -0.1) is 0 Å². The van der Waals surface area contributed by atoms with Gasteiger partial charge in [0, 0.05) is 19.3 Å². The fourth-order valence-electron chi connectivity index (χ4n) is 3.04. The standard InChI is InChI=1S/C16H36O2Si/c1-8-11-12-13-16(4,5)19(17-6,18-7)14-15(9-2)10-3/h15H,8-14H2,1-7H3. The molecule has 0 fully saturated rings. The Bertz CT molecular complexity index is 221. The minimum Gasteiger partial charge on any atom is -0.397 e. The fourth-order valence-corrected chi connectivity index (χ4v) is 7.10. The zero-order valence-electron chi connectivity index (χ0n) is 14.3. The van der Waals surface area contributed by atoms with E-state index in [4.69, 9.17) is 8.85 Å². The lowest BCUT2D eigenvalue weighted by atomic mass is 10.0. The average molecular weight is 289 g/mol. The molecule has 0 aliphatic carbocycles. The van der Waals surface area contributed by atoms with Gasteiger partial charge < -0.3 is 8.85 Å². The van der Waals surface area contributed by atoms with Crippen LogP contribution in [0.4, 0.5) is 0 Å². The van der Waals surface area contributed by atoms with Crippen LogP contribution in [0.5, 0.6) is 0 Å². The monoisotopic (exact) mass is 288 g/mol. The summed E-state index contributed by atoms with van der Waals surface area (Å²) in [7, 11) is 1.60. The van der Waals surface area contributed by atoms with Crippen LogP contribution in [0.1, 0.15) is 73.1 Å². The van der Waals surface area contributed by atoms with Gasteiger partial charge in [0.25, 0.3) is 0 Å². The van der Waals surface area contributed by atoms with E-state index in [9.17, 15) is 0 Å². The molecule has 2 nitrogen and oxygen atoms in total. The van der Waals surface area contributed by atoms with Gasteiger partial charge in [-0.2, -0.15) is 0 Å². The maximum absolute atomic E-state index is 6.03. The molecule has 116 valence electrons. The molecule has 0 atom stereocenters. The first-order valence-electron chi connectivity index (χ1n) is 8.03. The van der Waals surface area contributed by atoms with Crippen LogP contribution in [0.15, 0.2) is 0 Å². The smallest absolute Gasteiger partial charge is 0.343 e. The molecule has 0 bridgehead atoms. The molecule has 3 heteroatoms. The summed E-state index contributed by atoms with van der Waals surface area (Å²) in [6.45, 7) is 11.5. The van der Waals surface area contributed by atoms with E-state index >= 15 is 0 Å². The second-order valence-corrected chi connectivity index (χ2v) is 10.5. The van der Waals surface area contributed by atoms with Crippen molar-refractivity contribution in [1.82, 2.24) is 0 Å². The van der Waals surface area contributed by atoms with E-state index in [1.807, 2.05) is 14.2 Å². The Morgan fingerprint density at radius 3 is 1.84 bits per heavy atom. The molecule has 0 N–H and O–H groups in total. The van der Waals surface area contributed by atoms with Crippen molar-refractivity contribution >= 4 is 8.56 Å². The van der Waals surface area contributed by atoms with Gasteiger partial charge in [0.05, 0.1) is 0 Å². The lowest BCUT2D eigenvalue weighted by Gasteiger charge is -2.43. The molecular weight excluding hydrogens is 252 g/mol. The zero-order chi connectivity index (χ0) is 14.9. The minimum atomic E-state index is -2.13. The van der Waals surface area contributed by atoms with Crippen molar-refractivity contribution in [2.24, 2.45) is 5.92 Å². The summed E-state index contributed by atoms with van der Waals surface area (Å²) in [5, 5.41) is 0.189. The third-order valence-corrected chi connectivity index (χ3v) is 9.55. The predicted molar refractivity (Wildman–Crippen MR) is 86.8 cm³/mol. The third-order valence-electron chi connectivity index (χ3n) is 4.81. The van der Waals surface area contributed by atoms with Crippen molar-refractivity contribution in [2.45, 2.75) is 84.2 Å². The normalized spacial score (nSPS) is 13.3. The first-order chi connectivity index (χ1) is 8.92. The lowest BCUT2D eigenvalue weighted by molar-refractivity contribution is 0.196. The molecule has 0 saturated carbocycles. The van der Waals surface area contributed by atoms with Crippen LogP contribution in [-0.4, -0.2) is 22.8 Å². The fraction of sp³-hybridized carbons (Fsp3) is 1.00. The van der Waals surface area contributed by atoms with Crippen molar-refractivity contribution in [1.29, 1.82) is 0 Å². The summed E-state index contributed by atoms with van der Waals surface area (Å²) in [6.07, 6.45) is 7.54. The first-order valence-corrected chi connectivity index (χ1v) is 10.1. The van der Waals surface area contributed by atoms with Crippen molar-refractivity contribution in [3.05, 3.63) is 0 Å². The highest BCUT2D eigenvalue weighted by molar-refractivity contribution is 6.70. The van der Waals surface area contributed by atoms with Gasteiger partial charge in [0.15, 0.2) is 0 Å². The Labute approximate surface area is 122 Å². The third kappa shape index (κ3) is 5.20. The van der Waals surface area contributed by atoms with Crippen molar-refractivity contribution in [2.75, 3.05) is 14.2 Å². The van der Waals surface area contributed by atoms with Crippen molar-refractivity contribution < 1.29 is 8.85 Å². The number of unbranched alkanes of at least 4 members (excludes halogenated alkanes) is 2. The molecule has 0 unspecified atom stereocenters. The summed E-state index contributed by atoms with van der Waals surface area (Å²) in [5.41, 5.74) is 0. The Balaban J connectivity index is 4.91. The van der Waals surface area contributed by atoms with Gasteiger partial charge >= 0.3 is 8.56 Å². The van der Waals surface area contributed by atoms with Crippen LogP contribution in [0, 0.1) is 5.92 Å². The Hall–Kier alpha value is 0.137. The number of rotatable bonds is 11. The summed E-state index contributed by atoms with van der Waals surface area (Å²) in [4.78, 5) is 0. The molecule has 0 rings (SSSR count). The number of hydrogen-bond acceptors (Lipinski definition) is 2. The summed E-state index contributed by atoms with van der Waals surface area (Å²) in [6, 6.07) is 1.13. The van der Waals surface area contributed by atoms with E-state index in [0.717, 1.165) is 12.0 Å². The molecule has 0 heterocycles.